The van der Waals surface area contributed by atoms with Gasteiger partial charge in [0.2, 0.25) is 0 Å². The molecule has 5 nitrogen and oxygen atoms in total. The van der Waals surface area contributed by atoms with E-state index >= 15 is 0 Å². The van der Waals surface area contributed by atoms with Gasteiger partial charge >= 0.3 is 0 Å². The van der Waals surface area contributed by atoms with Gasteiger partial charge in [-0.15, -0.1) is 0 Å². The Hall–Kier alpha value is -1.62. The number of nitrogens with zero attached hydrogens (tertiary/aromatic N) is 4. The molecule has 2 N–H and O–H groups in total. The average molecular weight is 224 g/mol. The molecule has 0 bridgehead atoms. The van der Waals surface area contributed by atoms with E-state index in [1.807, 2.05) is 6.92 Å². The highest BCUT2D eigenvalue weighted by atomic mass is 35.5. The van der Waals surface area contributed by atoms with E-state index in [9.17, 15) is 0 Å². The van der Waals surface area contributed by atoms with Crippen LogP contribution in [0.4, 0.5) is 5.82 Å². The van der Waals surface area contributed by atoms with Gasteiger partial charge in [0.1, 0.15) is 11.6 Å². The SMILES string of the molecule is CCc1nc(N)cc(-n2cc(Cl)cn2)n1. The molecule has 0 unspecified atom stereocenters. The van der Waals surface area contributed by atoms with Crippen molar-refractivity contribution in [3.8, 4) is 5.82 Å². The number of anilines is 1. The molecule has 0 aliphatic heterocycles. The number of aromatic nitrogens is 4. The van der Waals surface area contributed by atoms with Gasteiger partial charge in [-0.1, -0.05) is 18.5 Å². The minimum atomic E-state index is 0.434. The van der Waals surface area contributed by atoms with E-state index in [0.717, 1.165) is 6.42 Å². The molecule has 6 heteroatoms. The van der Waals surface area contributed by atoms with E-state index in [-0.39, 0.29) is 0 Å². The number of hydrogen-bond acceptors (Lipinski definition) is 4. The Balaban J connectivity index is 2.48. The van der Waals surface area contributed by atoms with Crippen molar-refractivity contribution in [2.45, 2.75) is 13.3 Å². The maximum Gasteiger partial charge on any atom is 0.159 e. The van der Waals surface area contributed by atoms with Crippen LogP contribution < -0.4 is 5.73 Å². The lowest BCUT2D eigenvalue weighted by Crippen LogP contribution is -2.05. The Morgan fingerprint density at radius 3 is 2.87 bits per heavy atom. The molecule has 0 amide bonds. The molecule has 2 aromatic heterocycles. The highest BCUT2D eigenvalue weighted by molar-refractivity contribution is 6.30. The van der Waals surface area contributed by atoms with E-state index in [1.54, 1.807) is 23.1 Å². The first-order valence-electron chi connectivity index (χ1n) is 4.53. The molecule has 2 heterocycles. The van der Waals surface area contributed by atoms with Crippen LogP contribution in [0, 0.1) is 0 Å². The van der Waals surface area contributed by atoms with Crippen molar-refractivity contribution in [3.63, 3.8) is 0 Å². The minimum Gasteiger partial charge on any atom is -0.384 e. The third-order valence-electron chi connectivity index (χ3n) is 1.88. The third-order valence-corrected chi connectivity index (χ3v) is 2.08. The fraction of sp³-hybridized carbons (Fsp3) is 0.222. The van der Waals surface area contributed by atoms with Crippen LogP contribution >= 0.6 is 11.6 Å². The van der Waals surface area contributed by atoms with Crippen LogP contribution in [0.15, 0.2) is 18.5 Å². The zero-order valence-corrected chi connectivity index (χ0v) is 8.94. The number of nitrogens with two attached hydrogens (primary N) is 1. The summed E-state index contributed by atoms with van der Waals surface area (Å²) in [4.78, 5) is 8.36. The standard InChI is InChI=1S/C9H10ClN5/c1-2-8-13-7(11)3-9(14-8)15-5-6(10)4-12-15/h3-5H,2H2,1H3,(H2,11,13,14). The molecular formula is C9H10ClN5. The summed E-state index contributed by atoms with van der Waals surface area (Å²) >= 11 is 5.77. The molecule has 78 valence electrons. The molecule has 0 spiro atoms. The minimum absolute atomic E-state index is 0.434. The first-order chi connectivity index (χ1) is 7.19. The molecule has 0 saturated carbocycles. The van der Waals surface area contributed by atoms with Crippen molar-refractivity contribution in [1.82, 2.24) is 19.7 Å². The first-order valence-corrected chi connectivity index (χ1v) is 4.91. The van der Waals surface area contributed by atoms with E-state index in [1.165, 1.54) is 0 Å². The maximum absolute atomic E-state index is 5.77. The maximum atomic E-state index is 5.77. The molecule has 15 heavy (non-hydrogen) atoms. The van der Waals surface area contributed by atoms with E-state index < -0.39 is 0 Å². The summed E-state index contributed by atoms with van der Waals surface area (Å²) < 4.78 is 1.57. The summed E-state index contributed by atoms with van der Waals surface area (Å²) in [6, 6.07) is 1.66. The molecule has 0 aliphatic carbocycles. The summed E-state index contributed by atoms with van der Waals surface area (Å²) in [5, 5.41) is 4.60. The van der Waals surface area contributed by atoms with Crippen LogP contribution in [0.5, 0.6) is 0 Å². The topological polar surface area (TPSA) is 69.6 Å². The van der Waals surface area contributed by atoms with Gasteiger partial charge in [0, 0.05) is 12.5 Å². The largest absolute Gasteiger partial charge is 0.384 e. The predicted molar refractivity (Wildman–Crippen MR) is 58.0 cm³/mol. The number of nitrogen functional groups attached to an aromatic ring is 1. The van der Waals surface area contributed by atoms with Crippen molar-refractivity contribution in [1.29, 1.82) is 0 Å². The van der Waals surface area contributed by atoms with Crippen LogP contribution in [0.1, 0.15) is 12.7 Å². The Morgan fingerprint density at radius 2 is 2.27 bits per heavy atom. The quantitative estimate of drug-likeness (QED) is 0.837. The summed E-state index contributed by atoms with van der Waals surface area (Å²) in [7, 11) is 0. The highest BCUT2D eigenvalue weighted by Gasteiger charge is 2.04. The Labute approximate surface area is 91.9 Å². The van der Waals surface area contributed by atoms with Gasteiger partial charge in [0.25, 0.3) is 0 Å². The lowest BCUT2D eigenvalue weighted by atomic mass is 10.4. The van der Waals surface area contributed by atoms with E-state index in [4.69, 9.17) is 17.3 Å². The van der Waals surface area contributed by atoms with Crippen LogP contribution in [0.3, 0.4) is 0 Å². The van der Waals surface area contributed by atoms with Crippen molar-refractivity contribution < 1.29 is 0 Å². The molecule has 2 aromatic rings. The molecule has 0 aromatic carbocycles. The zero-order chi connectivity index (χ0) is 10.8. The lowest BCUT2D eigenvalue weighted by Gasteiger charge is -2.03. The fourth-order valence-electron chi connectivity index (χ4n) is 1.20. The van der Waals surface area contributed by atoms with E-state index in [2.05, 4.69) is 15.1 Å². The molecule has 0 radical (unpaired) electrons. The van der Waals surface area contributed by atoms with Crippen molar-refractivity contribution in [3.05, 3.63) is 29.3 Å². The second kappa shape index (κ2) is 3.86. The lowest BCUT2D eigenvalue weighted by molar-refractivity contribution is 0.815. The number of halogens is 1. The molecule has 0 fully saturated rings. The summed E-state index contributed by atoms with van der Waals surface area (Å²) in [6.07, 6.45) is 3.95. The Morgan fingerprint density at radius 1 is 1.47 bits per heavy atom. The van der Waals surface area contributed by atoms with Gasteiger partial charge in [-0.3, -0.25) is 0 Å². The van der Waals surface area contributed by atoms with Crippen LogP contribution in [-0.2, 0) is 6.42 Å². The molecule has 0 atom stereocenters. The van der Waals surface area contributed by atoms with Gasteiger partial charge < -0.3 is 5.73 Å². The second-order valence-corrected chi connectivity index (χ2v) is 3.46. The Bertz CT molecular complexity index is 479. The van der Waals surface area contributed by atoms with Crippen molar-refractivity contribution in [2.75, 3.05) is 5.73 Å². The number of rotatable bonds is 2. The fourth-order valence-corrected chi connectivity index (χ4v) is 1.34. The highest BCUT2D eigenvalue weighted by Crippen LogP contribution is 2.12. The number of hydrogen-bond donors (Lipinski definition) is 1. The van der Waals surface area contributed by atoms with Gasteiger partial charge in [-0.2, -0.15) is 5.10 Å². The number of aryl methyl sites for hydroxylation is 1. The first kappa shape index (κ1) is 9.92. The predicted octanol–water partition coefficient (Wildman–Crippen LogP) is 1.46. The average Bonchev–Trinajstić information content (AvgIpc) is 2.64. The molecule has 2 rings (SSSR count). The van der Waals surface area contributed by atoms with Crippen LogP contribution in [0.2, 0.25) is 5.02 Å². The summed E-state index contributed by atoms with van der Waals surface area (Å²) in [6.45, 7) is 1.97. The van der Waals surface area contributed by atoms with Crippen molar-refractivity contribution >= 4 is 17.4 Å². The molecule has 0 aliphatic rings. The van der Waals surface area contributed by atoms with Crippen LogP contribution in [0.25, 0.3) is 5.82 Å². The zero-order valence-electron chi connectivity index (χ0n) is 8.18. The van der Waals surface area contributed by atoms with Gasteiger partial charge in [0.05, 0.1) is 17.4 Å². The monoisotopic (exact) mass is 223 g/mol. The molecule has 0 saturated heterocycles. The van der Waals surface area contributed by atoms with Crippen LogP contribution in [-0.4, -0.2) is 19.7 Å². The summed E-state index contributed by atoms with van der Waals surface area (Å²) in [5.41, 5.74) is 5.65. The van der Waals surface area contributed by atoms with Gasteiger partial charge in [-0.05, 0) is 0 Å². The third kappa shape index (κ3) is 2.07. The second-order valence-electron chi connectivity index (χ2n) is 3.02. The normalized spacial score (nSPS) is 10.5. The van der Waals surface area contributed by atoms with Crippen molar-refractivity contribution in [2.24, 2.45) is 0 Å². The van der Waals surface area contributed by atoms with Gasteiger partial charge in [0.15, 0.2) is 5.82 Å². The smallest absolute Gasteiger partial charge is 0.159 e. The van der Waals surface area contributed by atoms with Gasteiger partial charge in [-0.25, -0.2) is 14.6 Å². The Kier molecular flexibility index (Phi) is 2.55. The molecular weight excluding hydrogens is 214 g/mol. The summed E-state index contributed by atoms with van der Waals surface area (Å²) in [5.74, 6) is 1.76. The van der Waals surface area contributed by atoms with E-state index in [0.29, 0.717) is 22.5 Å².